The first-order chi connectivity index (χ1) is 18.0. The summed E-state index contributed by atoms with van der Waals surface area (Å²) < 4.78 is 0. The topological polar surface area (TPSA) is 120 Å². The van der Waals surface area contributed by atoms with Crippen molar-refractivity contribution in [2.45, 2.75) is 13.5 Å². The zero-order valence-corrected chi connectivity index (χ0v) is 20.8. The Hall–Kier alpha value is -4.31. The maximum Gasteiger partial charge on any atom is 0.315 e. The Kier molecular flexibility index (Phi) is 8.77. The molecule has 1 aromatic heterocycles. The van der Waals surface area contributed by atoms with Crippen molar-refractivity contribution in [3.63, 3.8) is 0 Å². The fraction of sp³-hybridized carbons (Fsp3) is 0.296. The third-order valence-corrected chi connectivity index (χ3v) is 5.91. The maximum absolute atomic E-state index is 12.9. The molecule has 1 fully saturated rings. The van der Waals surface area contributed by atoms with Gasteiger partial charge in [0.2, 0.25) is 5.91 Å². The molecule has 0 aliphatic carbocycles. The van der Waals surface area contributed by atoms with E-state index < -0.39 is 11.8 Å². The van der Waals surface area contributed by atoms with Crippen molar-refractivity contribution in [3.05, 3.63) is 72.3 Å². The average molecular weight is 502 g/mol. The standard InChI is InChI=1S/C27H31N7O3/c1-20(35)28-12-13-29-23-18-24(31-25(30-23)22-10-6-3-7-11-22)32-26(36)27(37)34-16-14-33(15-17-34)19-21-8-4-2-5-9-21/h2-11,18H,12-17,19H2,1H3,(H,28,35)(H2,29,30,31,32,36). The molecule has 2 aromatic carbocycles. The van der Waals surface area contributed by atoms with Gasteiger partial charge in [-0.1, -0.05) is 60.7 Å². The Balaban J connectivity index is 1.38. The quantitative estimate of drug-likeness (QED) is 0.319. The molecule has 0 spiro atoms. The van der Waals surface area contributed by atoms with Crippen molar-refractivity contribution in [2.75, 3.05) is 49.9 Å². The van der Waals surface area contributed by atoms with Crippen LogP contribution in [0.3, 0.4) is 0 Å². The first-order valence-corrected chi connectivity index (χ1v) is 12.3. The minimum atomic E-state index is -0.738. The molecule has 1 saturated heterocycles. The first-order valence-electron chi connectivity index (χ1n) is 12.3. The molecule has 37 heavy (non-hydrogen) atoms. The number of piperazine rings is 1. The average Bonchev–Trinajstić information content (AvgIpc) is 2.92. The van der Waals surface area contributed by atoms with Gasteiger partial charge in [0, 0.05) is 64.4 Å². The summed E-state index contributed by atoms with van der Waals surface area (Å²) in [4.78, 5) is 49.6. The monoisotopic (exact) mass is 501 g/mol. The molecule has 3 N–H and O–H groups in total. The van der Waals surface area contributed by atoms with Crippen molar-refractivity contribution in [3.8, 4) is 11.4 Å². The highest BCUT2D eigenvalue weighted by molar-refractivity contribution is 6.39. The normalized spacial score (nSPS) is 13.6. The van der Waals surface area contributed by atoms with Gasteiger partial charge in [0.05, 0.1) is 0 Å². The largest absolute Gasteiger partial charge is 0.368 e. The molecule has 4 rings (SSSR count). The van der Waals surface area contributed by atoms with Crippen LogP contribution in [0.2, 0.25) is 0 Å². The number of benzene rings is 2. The number of nitrogens with zero attached hydrogens (tertiary/aromatic N) is 4. The lowest BCUT2D eigenvalue weighted by atomic mass is 10.2. The number of aromatic nitrogens is 2. The first kappa shape index (κ1) is 25.8. The molecule has 2 heterocycles. The third kappa shape index (κ3) is 7.58. The van der Waals surface area contributed by atoms with Gasteiger partial charge in [0.25, 0.3) is 0 Å². The molecular formula is C27H31N7O3. The molecule has 3 amide bonds. The van der Waals surface area contributed by atoms with Crippen LogP contribution in [0.4, 0.5) is 11.6 Å². The Morgan fingerprint density at radius 1 is 0.838 bits per heavy atom. The van der Waals surface area contributed by atoms with Gasteiger partial charge in [-0.15, -0.1) is 0 Å². The molecule has 10 heteroatoms. The molecule has 192 valence electrons. The van der Waals surface area contributed by atoms with Crippen LogP contribution in [0, 0.1) is 0 Å². The Bertz CT molecular complexity index is 1210. The van der Waals surface area contributed by atoms with E-state index in [-0.39, 0.29) is 11.7 Å². The highest BCUT2D eigenvalue weighted by Gasteiger charge is 2.26. The molecule has 0 unspecified atom stereocenters. The lowest BCUT2D eigenvalue weighted by molar-refractivity contribution is -0.144. The van der Waals surface area contributed by atoms with Gasteiger partial charge in [-0.2, -0.15) is 0 Å². The number of carbonyl (C=O) groups is 3. The second-order valence-electron chi connectivity index (χ2n) is 8.75. The molecule has 10 nitrogen and oxygen atoms in total. The van der Waals surface area contributed by atoms with Gasteiger partial charge in [0.1, 0.15) is 11.6 Å². The second kappa shape index (κ2) is 12.6. The summed E-state index contributed by atoms with van der Waals surface area (Å²) in [5.41, 5.74) is 1.99. The van der Waals surface area contributed by atoms with Gasteiger partial charge in [-0.3, -0.25) is 19.3 Å². The number of nitrogens with one attached hydrogen (secondary N) is 3. The number of rotatable bonds is 8. The Labute approximate surface area is 216 Å². The predicted molar refractivity (Wildman–Crippen MR) is 142 cm³/mol. The minimum absolute atomic E-state index is 0.123. The molecule has 0 bridgehead atoms. The fourth-order valence-corrected chi connectivity index (χ4v) is 4.01. The highest BCUT2D eigenvalue weighted by Crippen LogP contribution is 2.20. The van der Waals surface area contributed by atoms with Crippen molar-refractivity contribution < 1.29 is 14.4 Å². The van der Waals surface area contributed by atoms with Crippen molar-refractivity contribution in [2.24, 2.45) is 0 Å². The summed E-state index contributed by atoms with van der Waals surface area (Å²) in [7, 11) is 0. The minimum Gasteiger partial charge on any atom is -0.368 e. The van der Waals surface area contributed by atoms with Crippen molar-refractivity contribution >= 4 is 29.4 Å². The summed E-state index contributed by atoms with van der Waals surface area (Å²) >= 11 is 0. The van der Waals surface area contributed by atoms with Crippen molar-refractivity contribution in [1.82, 2.24) is 25.1 Å². The van der Waals surface area contributed by atoms with E-state index in [1.165, 1.54) is 12.5 Å². The second-order valence-corrected chi connectivity index (χ2v) is 8.75. The summed E-state index contributed by atoms with van der Waals surface area (Å²) in [6.45, 7) is 5.47. The SMILES string of the molecule is CC(=O)NCCNc1cc(NC(=O)C(=O)N2CCN(Cc3ccccc3)CC2)nc(-c2ccccc2)n1. The van der Waals surface area contributed by atoms with Crippen LogP contribution in [0.5, 0.6) is 0 Å². The van der Waals surface area contributed by atoms with Crippen molar-refractivity contribution in [1.29, 1.82) is 0 Å². The van der Waals surface area contributed by atoms with Crippen LogP contribution in [0.15, 0.2) is 66.7 Å². The lowest BCUT2D eigenvalue weighted by Gasteiger charge is -2.34. The molecule has 0 radical (unpaired) electrons. The number of hydrogen-bond donors (Lipinski definition) is 3. The molecule has 1 aliphatic heterocycles. The third-order valence-electron chi connectivity index (χ3n) is 5.91. The van der Waals surface area contributed by atoms with E-state index in [2.05, 4.69) is 43.0 Å². The Morgan fingerprint density at radius 3 is 2.16 bits per heavy atom. The predicted octanol–water partition coefficient (Wildman–Crippen LogP) is 1.97. The zero-order chi connectivity index (χ0) is 26.0. The molecule has 0 atom stereocenters. The van der Waals surface area contributed by atoms with E-state index >= 15 is 0 Å². The van der Waals surface area contributed by atoms with Gasteiger partial charge < -0.3 is 20.9 Å². The highest BCUT2D eigenvalue weighted by atomic mass is 16.2. The van der Waals surface area contributed by atoms with E-state index in [9.17, 15) is 14.4 Å². The van der Waals surface area contributed by atoms with E-state index in [1.807, 2.05) is 48.5 Å². The van der Waals surface area contributed by atoms with Crippen LogP contribution in [0.25, 0.3) is 11.4 Å². The molecular weight excluding hydrogens is 470 g/mol. The summed E-state index contributed by atoms with van der Waals surface area (Å²) in [5.74, 6) is -0.351. The number of hydrogen-bond acceptors (Lipinski definition) is 7. The number of amides is 3. The van der Waals surface area contributed by atoms with Crippen LogP contribution in [-0.2, 0) is 20.9 Å². The van der Waals surface area contributed by atoms with Gasteiger partial charge in [-0.25, -0.2) is 9.97 Å². The van der Waals surface area contributed by atoms with E-state index in [0.29, 0.717) is 50.9 Å². The molecule has 0 saturated carbocycles. The van der Waals surface area contributed by atoms with Crippen LogP contribution >= 0.6 is 0 Å². The lowest BCUT2D eigenvalue weighted by Crippen LogP contribution is -2.51. The summed E-state index contributed by atoms with van der Waals surface area (Å²) in [6, 6.07) is 21.1. The number of anilines is 2. The molecule has 3 aromatic rings. The summed E-state index contributed by atoms with van der Waals surface area (Å²) in [5, 5.41) is 8.48. The number of carbonyl (C=O) groups excluding carboxylic acids is 3. The van der Waals surface area contributed by atoms with Crippen LogP contribution < -0.4 is 16.0 Å². The summed E-state index contributed by atoms with van der Waals surface area (Å²) in [6.07, 6.45) is 0. The zero-order valence-electron chi connectivity index (χ0n) is 20.8. The van der Waals surface area contributed by atoms with E-state index in [0.717, 1.165) is 12.1 Å². The van der Waals surface area contributed by atoms with Gasteiger partial charge >= 0.3 is 11.8 Å². The van der Waals surface area contributed by atoms with E-state index in [4.69, 9.17) is 0 Å². The maximum atomic E-state index is 12.9. The van der Waals surface area contributed by atoms with Crippen LogP contribution in [0.1, 0.15) is 12.5 Å². The van der Waals surface area contributed by atoms with Gasteiger partial charge in [0.15, 0.2) is 5.82 Å². The van der Waals surface area contributed by atoms with Gasteiger partial charge in [-0.05, 0) is 5.56 Å². The smallest absolute Gasteiger partial charge is 0.315 e. The molecule has 1 aliphatic rings. The van der Waals surface area contributed by atoms with Crippen LogP contribution in [-0.4, -0.2) is 76.8 Å². The fourth-order valence-electron chi connectivity index (χ4n) is 4.01. The Morgan fingerprint density at radius 2 is 1.49 bits per heavy atom. The van der Waals surface area contributed by atoms with E-state index in [1.54, 1.807) is 11.0 Å².